The first-order chi connectivity index (χ1) is 9.05. The van der Waals surface area contributed by atoms with Gasteiger partial charge < -0.3 is 5.32 Å². The molecule has 0 saturated carbocycles. The van der Waals surface area contributed by atoms with Gasteiger partial charge in [0.05, 0.1) is 11.5 Å². The van der Waals surface area contributed by atoms with Crippen molar-refractivity contribution in [2.45, 2.75) is 49.8 Å². The van der Waals surface area contributed by atoms with Gasteiger partial charge in [0.1, 0.15) is 0 Å². The van der Waals surface area contributed by atoms with E-state index in [1.165, 1.54) is 18.6 Å². The van der Waals surface area contributed by atoms with Gasteiger partial charge in [-0.1, -0.05) is 28.0 Å². The van der Waals surface area contributed by atoms with Gasteiger partial charge in [0.15, 0.2) is 9.84 Å². The summed E-state index contributed by atoms with van der Waals surface area (Å²) in [4.78, 5) is 11.7. The smallest absolute Gasteiger partial charge is 0.220 e. The van der Waals surface area contributed by atoms with Crippen LogP contribution in [0.1, 0.15) is 38.5 Å². The number of sulfone groups is 1. The maximum absolute atomic E-state index is 11.7. The van der Waals surface area contributed by atoms with Gasteiger partial charge >= 0.3 is 0 Å². The third-order valence-electron chi connectivity index (χ3n) is 3.50. The van der Waals surface area contributed by atoms with Crippen molar-refractivity contribution in [3.8, 4) is 0 Å². The van der Waals surface area contributed by atoms with Crippen LogP contribution in [-0.2, 0) is 14.6 Å². The summed E-state index contributed by atoms with van der Waals surface area (Å²) in [5.74, 6) is 1.60. The molecule has 0 aliphatic carbocycles. The van der Waals surface area contributed by atoms with Crippen molar-refractivity contribution >= 4 is 37.3 Å². The second-order valence-electron chi connectivity index (χ2n) is 5.24. The lowest BCUT2D eigenvalue weighted by Gasteiger charge is -2.11. The number of carbonyl (C=O) groups is 1. The Hall–Kier alpha value is 0.120. The van der Waals surface area contributed by atoms with Gasteiger partial charge in [0, 0.05) is 23.5 Å². The Morgan fingerprint density at radius 1 is 1.26 bits per heavy atom. The summed E-state index contributed by atoms with van der Waals surface area (Å²) < 4.78 is 22.5. The summed E-state index contributed by atoms with van der Waals surface area (Å²) in [5.41, 5.74) is 0. The predicted octanol–water partition coefficient (Wildman–Crippen LogP) is 2.00. The van der Waals surface area contributed by atoms with Crippen LogP contribution in [0, 0.1) is 0 Å². The van der Waals surface area contributed by atoms with E-state index >= 15 is 0 Å². The van der Waals surface area contributed by atoms with E-state index in [0.717, 1.165) is 18.1 Å². The Labute approximate surface area is 123 Å². The lowest BCUT2D eigenvalue weighted by atomic mass is 10.1. The molecule has 2 heterocycles. The van der Waals surface area contributed by atoms with Crippen LogP contribution in [0.4, 0.5) is 0 Å². The molecule has 1 N–H and O–H groups in total. The highest BCUT2D eigenvalue weighted by atomic mass is 33.1. The summed E-state index contributed by atoms with van der Waals surface area (Å²) >= 11 is 0. The van der Waals surface area contributed by atoms with Crippen LogP contribution in [-0.4, -0.2) is 42.9 Å². The normalized spacial score (nSPS) is 29.5. The van der Waals surface area contributed by atoms with Gasteiger partial charge in [-0.3, -0.25) is 4.79 Å². The first-order valence-corrected chi connectivity index (χ1v) is 11.0. The second-order valence-corrected chi connectivity index (χ2v) is 10.3. The highest BCUT2D eigenvalue weighted by Crippen LogP contribution is 2.39. The highest BCUT2D eigenvalue weighted by Gasteiger charge is 2.28. The zero-order valence-electron chi connectivity index (χ0n) is 11.0. The third kappa shape index (κ3) is 5.55. The SMILES string of the molecule is O=C(CCCC[C@H]1CCSS1)N[C@H]1CCS(=O)(=O)C1. The van der Waals surface area contributed by atoms with Crippen LogP contribution in [0.2, 0.25) is 0 Å². The second kappa shape index (κ2) is 7.22. The predicted molar refractivity (Wildman–Crippen MR) is 82.1 cm³/mol. The molecule has 110 valence electrons. The minimum Gasteiger partial charge on any atom is -0.352 e. The van der Waals surface area contributed by atoms with Crippen molar-refractivity contribution < 1.29 is 13.2 Å². The number of hydrogen-bond acceptors (Lipinski definition) is 5. The Morgan fingerprint density at radius 2 is 2.11 bits per heavy atom. The summed E-state index contributed by atoms with van der Waals surface area (Å²) in [5, 5.41) is 3.61. The van der Waals surface area contributed by atoms with Crippen LogP contribution in [0.5, 0.6) is 0 Å². The average molecular weight is 324 g/mol. The van der Waals surface area contributed by atoms with E-state index in [1.54, 1.807) is 0 Å². The monoisotopic (exact) mass is 323 g/mol. The fourth-order valence-electron chi connectivity index (χ4n) is 2.43. The largest absolute Gasteiger partial charge is 0.352 e. The van der Waals surface area contributed by atoms with E-state index in [0.29, 0.717) is 12.8 Å². The molecule has 2 atom stereocenters. The lowest BCUT2D eigenvalue weighted by Crippen LogP contribution is -2.35. The molecule has 0 bridgehead atoms. The molecule has 2 aliphatic rings. The highest BCUT2D eigenvalue weighted by molar-refractivity contribution is 8.77. The van der Waals surface area contributed by atoms with Crippen LogP contribution in [0.3, 0.4) is 0 Å². The standard InChI is InChI=1S/C12H21NO3S3/c14-12(13-10-6-8-19(15,16)9-10)4-2-1-3-11-5-7-17-18-11/h10-11H,1-9H2,(H,13,14)/t10-,11-/m0/s1. The molecule has 0 aromatic heterocycles. The maximum Gasteiger partial charge on any atom is 0.220 e. The quantitative estimate of drug-likeness (QED) is 0.598. The molecular formula is C12H21NO3S3. The molecule has 0 aromatic rings. The van der Waals surface area contributed by atoms with E-state index < -0.39 is 9.84 Å². The fraction of sp³-hybridized carbons (Fsp3) is 0.917. The summed E-state index contributed by atoms with van der Waals surface area (Å²) in [6, 6.07) is -0.153. The topological polar surface area (TPSA) is 63.2 Å². The van der Waals surface area contributed by atoms with Crippen molar-refractivity contribution in [3.05, 3.63) is 0 Å². The fourth-order valence-corrected chi connectivity index (χ4v) is 7.13. The van der Waals surface area contributed by atoms with Gasteiger partial charge in [-0.15, -0.1) is 0 Å². The van der Waals surface area contributed by atoms with Gasteiger partial charge in [-0.2, -0.15) is 0 Å². The van der Waals surface area contributed by atoms with Crippen LogP contribution in [0.25, 0.3) is 0 Å². The molecule has 4 nitrogen and oxygen atoms in total. The summed E-state index contributed by atoms with van der Waals surface area (Å²) in [6.45, 7) is 0. The summed E-state index contributed by atoms with van der Waals surface area (Å²) in [6.07, 6.45) is 5.59. The van der Waals surface area contributed by atoms with Gasteiger partial charge in [0.25, 0.3) is 0 Å². The molecule has 2 aliphatic heterocycles. The van der Waals surface area contributed by atoms with Gasteiger partial charge in [0.2, 0.25) is 5.91 Å². The molecule has 2 saturated heterocycles. The number of hydrogen-bond donors (Lipinski definition) is 1. The molecule has 2 rings (SSSR count). The van der Waals surface area contributed by atoms with Crippen molar-refractivity contribution in [1.29, 1.82) is 0 Å². The van der Waals surface area contributed by atoms with Crippen molar-refractivity contribution in [2.75, 3.05) is 17.3 Å². The van der Waals surface area contributed by atoms with Crippen molar-refractivity contribution in [2.24, 2.45) is 0 Å². The van der Waals surface area contributed by atoms with Crippen molar-refractivity contribution in [1.82, 2.24) is 5.32 Å². The Bertz CT molecular complexity index is 404. The van der Waals surface area contributed by atoms with E-state index in [1.807, 2.05) is 21.6 Å². The van der Waals surface area contributed by atoms with E-state index in [2.05, 4.69) is 5.32 Å². The minimum absolute atomic E-state index is 0.00977. The van der Waals surface area contributed by atoms with Gasteiger partial charge in [-0.25, -0.2) is 8.42 Å². The Balaban J connectivity index is 1.55. The number of amides is 1. The van der Waals surface area contributed by atoms with Crippen LogP contribution >= 0.6 is 21.6 Å². The number of carbonyl (C=O) groups excluding carboxylic acids is 1. The summed E-state index contributed by atoms with van der Waals surface area (Å²) in [7, 11) is 1.03. The molecule has 1 amide bonds. The number of rotatable bonds is 6. The van der Waals surface area contributed by atoms with E-state index in [-0.39, 0.29) is 23.5 Å². The minimum atomic E-state index is -2.90. The molecule has 19 heavy (non-hydrogen) atoms. The van der Waals surface area contributed by atoms with Crippen molar-refractivity contribution in [3.63, 3.8) is 0 Å². The number of nitrogens with one attached hydrogen (secondary N) is 1. The maximum atomic E-state index is 11.7. The molecule has 0 radical (unpaired) electrons. The molecular weight excluding hydrogens is 302 g/mol. The third-order valence-corrected chi connectivity index (χ3v) is 8.28. The molecule has 0 unspecified atom stereocenters. The molecule has 0 aromatic carbocycles. The first-order valence-electron chi connectivity index (χ1n) is 6.83. The zero-order chi connectivity index (χ0) is 13.7. The first kappa shape index (κ1) is 15.5. The van der Waals surface area contributed by atoms with Gasteiger partial charge in [-0.05, 0) is 25.7 Å². The number of unbranched alkanes of at least 4 members (excludes halogenated alkanes) is 1. The molecule has 7 heteroatoms. The lowest BCUT2D eigenvalue weighted by molar-refractivity contribution is -0.121. The Kier molecular flexibility index (Phi) is 5.89. The average Bonchev–Trinajstić information content (AvgIpc) is 2.94. The van der Waals surface area contributed by atoms with E-state index in [4.69, 9.17) is 0 Å². The zero-order valence-corrected chi connectivity index (χ0v) is 13.4. The van der Waals surface area contributed by atoms with Crippen LogP contribution in [0.15, 0.2) is 0 Å². The molecule has 0 spiro atoms. The Morgan fingerprint density at radius 3 is 2.74 bits per heavy atom. The van der Waals surface area contributed by atoms with Crippen LogP contribution < -0.4 is 5.32 Å². The van der Waals surface area contributed by atoms with E-state index in [9.17, 15) is 13.2 Å². The molecule has 2 fully saturated rings.